The molecule has 0 N–H and O–H groups in total. The molecule has 0 unspecified atom stereocenters. The number of benzene rings is 2. The van der Waals surface area contributed by atoms with Gasteiger partial charge < -0.3 is 9.80 Å². The second-order valence-electron chi connectivity index (χ2n) is 7.42. The van der Waals surface area contributed by atoms with E-state index in [1.165, 1.54) is 47.3 Å². The predicted octanol–water partition coefficient (Wildman–Crippen LogP) is 4.44. The van der Waals surface area contributed by atoms with Crippen LogP contribution in [0.25, 0.3) is 10.9 Å². The summed E-state index contributed by atoms with van der Waals surface area (Å²) in [5.74, 6) is 0. The number of hydrogen-bond donors (Lipinski definition) is 0. The Balaban J connectivity index is 1.50. The molecule has 2 heterocycles. The number of piperazine rings is 1. The Bertz CT molecular complexity index is 911. The molecule has 0 saturated carbocycles. The van der Waals surface area contributed by atoms with Crippen LogP contribution >= 0.6 is 0 Å². The van der Waals surface area contributed by atoms with Crippen LogP contribution < -0.4 is 9.80 Å². The van der Waals surface area contributed by atoms with Gasteiger partial charge in [0.25, 0.3) is 0 Å². The summed E-state index contributed by atoms with van der Waals surface area (Å²) in [6.45, 7) is 4.32. The van der Waals surface area contributed by atoms with Crippen molar-refractivity contribution in [1.29, 1.82) is 0 Å². The van der Waals surface area contributed by atoms with Crippen LogP contribution in [0.3, 0.4) is 0 Å². The summed E-state index contributed by atoms with van der Waals surface area (Å²) in [7, 11) is 0. The van der Waals surface area contributed by atoms with Gasteiger partial charge in [-0.15, -0.1) is 0 Å². The van der Waals surface area contributed by atoms with Gasteiger partial charge in [-0.25, -0.2) is 0 Å². The van der Waals surface area contributed by atoms with Crippen molar-refractivity contribution in [2.45, 2.75) is 25.7 Å². The van der Waals surface area contributed by atoms with E-state index < -0.39 is 0 Å². The monoisotopic (exact) mass is 343 g/mol. The Morgan fingerprint density at radius 3 is 2.23 bits per heavy atom. The lowest BCUT2D eigenvalue weighted by molar-refractivity contribution is 0.636. The second kappa shape index (κ2) is 6.64. The minimum atomic E-state index is 1.08. The minimum absolute atomic E-state index is 1.08. The minimum Gasteiger partial charge on any atom is -0.368 e. The highest BCUT2D eigenvalue weighted by molar-refractivity contribution is 5.94. The first-order chi connectivity index (χ1) is 12.9. The molecular weight excluding hydrogens is 318 g/mol. The van der Waals surface area contributed by atoms with Crippen molar-refractivity contribution >= 4 is 22.3 Å². The third-order valence-electron chi connectivity index (χ3n) is 5.86. The van der Waals surface area contributed by atoms with Crippen LogP contribution in [0.15, 0.2) is 54.6 Å². The fourth-order valence-corrected chi connectivity index (χ4v) is 4.54. The largest absolute Gasteiger partial charge is 0.368 e. The Hall–Kier alpha value is -2.55. The van der Waals surface area contributed by atoms with Crippen molar-refractivity contribution in [2.75, 3.05) is 36.0 Å². The van der Waals surface area contributed by atoms with Crippen molar-refractivity contribution < 1.29 is 0 Å². The lowest BCUT2D eigenvalue weighted by atomic mass is 9.92. The third-order valence-corrected chi connectivity index (χ3v) is 5.86. The summed E-state index contributed by atoms with van der Waals surface area (Å²) >= 11 is 0. The van der Waals surface area contributed by atoms with Crippen molar-refractivity contribution in [1.82, 2.24) is 4.98 Å². The summed E-state index contributed by atoms with van der Waals surface area (Å²) in [5, 5.41) is 1.33. The zero-order chi connectivity index (χ0) is 17.3. The summed E-state index contributed by atoms with van der Waals surface area (Å²) in [6, 6.07) is 19.5. The quantitative estimate of drug-likeness (QED) is 0.686. The molecule has 3 aromatic rings. The van der Waals surface area contributed by atoms with E-state index in [1.54, 1.807) is 0 Å². The molecule has 0 atom stereocenters. The molecule has 3 nitrogen and oxygen atoms in total. The van der Waals surface area contributed by atoms with Gasteiger partial charge in [0, 0.05) is 42.9 Å². The molecule has 1 aliphatic heterocycles. The topological polar surface area (TPSA) is 19.4 Å². The Morgan fingerprint density at radius 2 is 1.38 bits per heavy atom. The zero-order valence-corrected chi connectivity index (χ0v) is 15.2. The highest BCUT2D eigenvalue weighted by atomic mass is 15.3. The molecule has 0 amide bonds. The molecule has 132 valence electrons. The van der Waals surface area contributed by atoms with Crippen LogP contribution in [0.2, 0.25) is 0 Å². The smallest absolute Gasteiger partial charge is 0.0726 e. The number of aromatic nitrogens is 1. The van der Waals surface area contributed by atoms with Crippen molar-refractivity contribution in [3.63, 3.8) is 0 Å². The van der Waals surface area contributed by atoms with Gasteiger partial charge in [0.05, 0.1) is 11.2 Å². The number of pyridine rings is 1. The highest BCUT2D eigenvalue weighted by Crippen LogP contribution is 2.36. The van der Waals surface area contributed by atoms with E-state index in [2.05, 4.69) is 64.4 Å². The molecular formula is C23H25N3. The average Bonchev–Trinajstić information content (AvgIpc) is 2.73. The predicted molar refractivity (Wildman–Crippen MR) is 109 cm³/mol. The highest BCUT2D eigenvalue weighted by Gasteiger charge is 2.25. The van der Waals surface area contributed by atoms with Gasteiger partial charge in [-0.3, -0.25) is 4.98 Å². The molecule has 0 bridgehead atoms. The standard InChI is InChI=1S/C23H25N3/c1-2-8-18(9-3-1)25-14-16-26(17-15-25)23-19-10-4-6-12-21(19)24-22-13-7-5-11-20(22)23/h1-4,6,8-10,12H,5,7,11,13-17H2. The molecule has 2 aromatic carbocycles. The third kappa shape index (κ3) is 2.72. The van der Waals surface area contributed by atoms with Gasteiger partial charge in [-0.05, 0) is 49.4 Å². The molecule has 0 spiro atoms. The molecule has 2 aliphatic rings. The Labute approximate surface area is 155 Å². The van der Waals surface area contributed by atoms with Gasteiger partial charge in [-0.2, -0.15) is 0 Å². The van der Waals surface area contributed by atoms with Crippen LogP contribution in [-0.4, -0.2) is 31.2 Å². The van der Waals surface area contributed by atoms with Gasteiger partial charge in [0.2, 0.25) is 0 Å². The van der Waals surface area contributed by atoms with Crippen LogP contribution in [0.4, 0.5) is 11.4 Å². The molecule has 0 radical (unpaired) electrons. The number of rotatable bonds is 2. The normalized spacial score (nSPS) is 17.4. The van der Waals surface area contributed by atoms with E-state index in [0.717, 1.165) is 38.1 Å². The van der Waals surface area contributed by atoms with Crippen molar-refractivity contribution in [2.24, 2.45) is 0 Å². The van der Waals surface area contributed by atoms with E-state index in [1.807, 2.05) is 0 Å². The number of aryl methyl sites for hydroxylation is 1. The number of fused-ring (bicyclic) bond motifs is 2. The number of nitrogens with zero attached hydrogens (tertiary/aromatic N) is 3. The number of anilines is 2. The maximum absolute atomic E-state index is 5.00. The van der Waals surface area contributed by atoms with Crippen LogP contribution in [0.1, 0.15) is 24.1 Å². The van der Waals surface area contributed by atoms with E-state index in [0.29, 0.717) is 0 Å². The first-order valence-electron chi connectivity index (χ1n) is 9.85. The number of para-hydroxylation sites is 2. The van der Waals surface area contributed by atoms with Crippen LogP contribution in [0, 0.1) is 0 Å². The fraction of sp³-hybridized carbons (Fsp3) is 0.348. The van der Waals surface area contributed by atoms with Crippen LogP contribution in [-0.2, 0) is 12.8 Å². The van der Waals surface area contributed by atoms with E-state index in [-0.39, 0.29) is 0 Å². The Morgan fingerprint density at radius 1 is 0.692 bits per heavy atom. The van der Waals surface area contributed by atoms with Crippen molar-refractivity contribution in [3.05, 3.63) is 65.9 Å². The molecule has 3 heteroatoms. The zero-order valence-electron chi connectivity index (χ0n) is 15.2. The van der Waals surface area contributed by atoms with Gasteiger partial charge in [-0.1, -0.05) is 36.4 Å². The molecule has 1 fully saturated rings. The summed E-state index contributed by atoms with van der Waals surface area (Å²) < 4.78 is 0. The fourth-order valence-electron chi connectivity index (χ4n) is 4.54. The lowest BCUT2D eigenvalue weighted by Gasteiger charge is -2.39. The first-order valence-corrected chi connectivity index (χ1v) is 9.85. The second-order valence-corrected chi connectivity index (χ2v) is 7.42. The van der Waals surface area contributed by atoms with Crippen LogP contribution in [0.5, 0.6) is 0 Å². The summed E-state index contributed by atoms with van der Waals surface area (Å²) in [6.07, 6.45) is 4.89. The van der Waals surface area contributed by atoms with E-state index in [9.17, 15) is 0 Å². The summed E-state index contributed by atoms with van der Waals surface area (Å²) in [4.78, 5) is 10.1. The SMILES string of the molecule is c1ccc(N2CCN(c3c4c(nc5ccccc35)CCCC4)CC2)cc1. The van der Waals surface area contributed by atoms with Gasteiger partial charge in [0.15, 0.2) is 0 Å². The molecule has 1 saturated heterocycles. The van der Waals surface area contributed by atoms with Crippen molar-refractivity contribution in [3.8, 4) is 0 Å². The average molecular weight is 343 g/mol. The van der Waals surface area contributed by atoms with Gasteiger partial charge >= 0.3 is 0 Å². The first kappa shape index (κ1) is 15.7. The molecule has 1 aromatic heterocycles. The maximum Gasteiger partial charge on any atom is 0.0726 e. The van der Waals surface area contributed by atoms with Gasteiger partial charge in [0.1, 0.15) is 0 Å². The lowest BCUT2D eigenvalue weighted by Crippen LogP contribution is -2.47. The maximum atomic E-state index is 5.00. The molecule has 5 rings (SSSR count). The van der Waals surface area contributed by atoms with E-state index in [4.69, 9.17) is 4.98 Å². The summed E-state index contributed by atoms with van der Waals surface area (Å²) in [5.41, 5.74) is 6.83. The Kier molecular flexibility index (Phi) is 4.00. The molecule has 1 aliphatic carbocycles. The van der Waals surface area contributed by atoms with E-state index >= 15 is 0 Å². The molecule has 26 heavy (non-hydrogen) atoms. The number of hydrogen-bond acceptors (Lipinski definition) is 3.